The summed E-state index contributed by atoms with van der Waals surface area (Å²) in [6.45, 7) is 13.7. The van der Waals surface area contributed by atoms with E-state index in [-0.39, 0.29) is 0 Å². The van der Waals surface area contributed by atoms with Crippen LogP contribution < -0.4 is 0 Å². The molecule has 0 atom stereocenters. The van der Waals surface area contributed by atoms with Crippen molar-refractivity contribution in [1.82, 2.24) is 14.8 Å². The molecule has 26 heavy (non-hydrogen) atoms. The number of aromatic nitrogens is 3. The van der Waals surface area contributed by atoms with E-state index in [2.05, 4.69) is 88.0 Å². The molecule has 0 saturated carbocycles. The molecule has 0 aliphatic carbocycles. The molecule has 3 heteroatoms. The molecule has 0 radical (unpaired) electrons. The van der Waals surface area contributed by atoms with Crippen molar-refractivity contribution in [1.29, 1.82) is 0 Å². The number of benzene rings is 2. The topological polar surface area (TPSA) is 30.7 Å². The summed E-state index contributed by atoms with van der Waals surface area (Å²) in [5.74, 6) is 1.42. The fourth-order valence-corrected chi connectivity index (χ4v) is 3.48. The van der Waals surface area contributed by atoms with Crippen LogP contribution in [0, 0.1) is 0 Å². The second-order valence-corrected chi connectivity index (χ2v) is 7.90. The van der Waals surface area contributed by atoms with Crippen molar-refractivity contribution in [2.24, 2.45) is 0 Å². The molecule has 0 bridgehead atoms. The summed E-state index contributed by atoms with van der Waals surface area (Å²) in [4.78, 5) is 4.14. The predicted molar refractivity (Wildman–Crippen MR) is 109 cm³/mol. The largest absolute Gasteiger partial charge is 0.223 e. The van der Waals surface area contributed by atoms with Crippen LogP contribution in [-0.4, -0.2) is 14.8 Å². The van der Waals surface area contributed by atoms with Gasteiger partial charge < -0.3 is 0 Å². The summed E-state index contributed by atoms with van der Waals surface area (Å²) in [6.07, 6.45) is 3.36. The lowest BCUT2D eigenvalue weighted by molar-refractivity contribution is 0.806. The van der Waals surface area contributed by atoms with Crippen LogP contribution in [0.15, 0.2) is 49.1 Å². The molecule has 0 spiro atoms. The second kappa shape index (κ2) is 7.45. The molecule has 1 heterocycles. The van der Waals surface area contributed by atoms with Crippen molar-refractivity contribution < 1.29 is 0 Å². The van der Waals surface area contributed by atoms with Gasteiger partial charge in [-0.25, -0.2) is 9.67 Å². The molecule has 0 amide bonds. The number of nitrogens with zero attached hydrogens (tertiary/aromatic N) is 3. The Hall–Kier alpha value is -2.42. The highest BCUT2D eigenvalue weighted by Crippen LogP contribution is 2.40. The monoisotopic (exact) mass is 347 g/mol. The van der Waals surface area contributed by atoms with Crippen LogP contribution in [0.1, 0.15) is 76.0 Å². The second-order valence-electron chi connectivity index (χ2n) is 7.90. The highest BCUT2D eigenvalue weighted by molar-refractivity contribution is 5.79. The van der Waals surface area contributed by atoms with Gasteiger partial charge in [-0.3, -0.25) is 0 Å². The standard InChI is InChI=1S/C23H29N3/c1-15(2)18-11-20(16(3)4)23(21(12-18)17(5)6)19-9-7-8-10-22(19)26-14-24-13-25-26/h7-17H,1-6H3. The Balaban J connectivity index is 2.35. The number of hydrogen-bond acceptors (Lipinski definition) is 2. The van der Waals surface area contributed by atoms with Crippen LogP contribution in [0.5, 0.6) is 0 Å². The minimum absolute atomic E-state index is 0.449. The number of para-hydroxylation sites is 1. The third kappa shape index (κ3) is 3.44. The molecular weight excluding hydrogens is 318 g/mol. The SMILES string of the molecule is CC(C)c1cc(C(C)C)c(-c2ccccc2-n2cncn2)c(C(C)C)c1. The van der Waals surface area contributed by atoms with Gasteiger partial charge in [0.15, 0.2) is 0 Å². The molecule has 3 aromatic rings. The molecule has 0 N–H and O–H groups in total. The molecule has 0 unspecified atom stereocenters. The highest BCUT2D eigenvalue weighted by atomic mass is 15.3. The van der Waals surface area contributed by atoms with Crippen LogP contribution in [0.3, 0.4) is 0 Å². The molecule has 0 fully saturated rings. The molecule has 3 nitrogen and oxygen atoms in total. The summed E-state index contributed by atoms with van der Waals surface area (Å²) < 4.78 is 1.86. The minimum Gasteiger partial charge on any atom is -0.223 e. The lowest BCUT2D eigenvalue weighted by Gasteiger charge is -2.24. The van der Waals surface area contributed by atoms with E-state index < -0.39 is 0 Å². The lowest BCUT2D eigenvalue weighted by Crippen LogP contribution is -2.06. The molecule has 0 saturated heterocycles. The summed E-state index contributed by atoms with van der Waals surface area (Å²) in [5, 5.41) is 4.37. The zero-order valence-corrected chi connectivity index (χ0v) is 16.7. The van der Waals surface area contributed by atoms with Crippen molar-refractivity contribution in [2.75, 3.05) is 0 Å². The van der Waals surface area contributed by atoms with Gasteiger partial charge in [-0.2, -0.15) is 5.10 Å². The Kier molecular flexibility index (Phi) is 5.26. The third-order valence-electron chi connectivity index (χ3n) is 4.97. The molecular formula is C23H29N3. The first-order valence-corrected chi connectivity index (χ1v) is 9.52. The Morgan fingerprint density at radius 3 is 1.92 bits per heavy atom. The Morgan fingerprint density at radius 2 is 1.42 bits per heavy atom. The summed E-state index contributed by atoms with van der Waals surface area (Å²) >= 11 is 0. The van der Waals surface area contributed by atoms with Crippen molar-refractivity contribution in [3.63, 3.8) is 0 Å². The Labute approximate surface area is 157 Å². The molecule has 0 aliphatic heterocycles. The lowest BCUT2D eigenvalue weighted by atomic mass is 9.81. The van der Waals surface area contributed by atoms with Crippen LogP contribution >= 0.6 is 0 Å². The van der Waals surface area contributed by atoms with Crippen molar-refractivity contribution in [3.8, 4) is 16.8 Å². The van der Waals surface area contributed by atoms with E-state index in [9.17, 15) is 0 Å². The smallest absolute Gasteiger partial charge is 0.138 e. The van der Waals surface area contributed by atoms with E-state index in [4.69, 9.17) is 0 Å². The first-order valence-electron chi connectivity index (χ1n) is 9.52. The molecule has 0 aliphatic rings. The zero-order chi connectivity index (χ0) is 18.8. The van der Waals surface area contributed by atoms with Gasteiger partial charge in [-0.05, 0) is 46.1 Å². The summed E-state index contributed by atoms with van der Waals surface area (Å²) in [7, 11) is 0. The number of rotatable bonds is 5. The van der Waals surface area contributed by atoms with E-state index in [1.165, 1.54) is 27.8 Å². The van der Waals surface area contributed by atoms with Gasteiger partial charge in [-0.1, -0.05) is 71.9 Å². The van der Waals surface area contributed by atoms with Gasteiger partial charge in [0.05, 0.1) is 5.69 Å². The van der Waals surface area contributed by atoms with Gasteiger partial charge in [0, 0.05) is 5.56 Å². The van der Waals surface area contributed by atoms with Crippen molar-refractivity contribution in [2.45, 2.75) is 59.3 Å². The first kappa shape index (κ1) is 18.4. The van der Waals surface area contributed by atoms with Crippen LogP contribution in [0.4, 0.5) is 0 Å². The summed E-state index contributed by atoms with van der Waals surface area (Å²) in [6, 6.07) is 13.3. The molecule has 2 aromatic carbocycles. The fraction of sp³-hybridized carbons (Fsp3) is 0.391. The first-order chi connectivity index (χ1) is 12.4. The Morgan fingerprint density at radius 1 is 0.808 bits per heavy atom. The maximum absolute atomic E-state index is 4.37. The average molecular weight is 348 g/mol. The summed E-state index contributed by atoms with van der Waals surface area (Å²) in [5.41, 5.74) is 7.89. The fourth-order valence-electron chi connectivity index (χ4n) is 3.48. The van der Waals surface area contributed by atoms with Crippen LogP contribution in [-0.2, 0) is 0 Å². The van der Waals surface area contributed by atoms with Gasteiger partial charge >= 0.3 is 0 Å². The molecule has 3 rings (SSSR count). The van der Waals surface area contributed by atoms with E-state index in [0.717, 1.165) is 5.69 Å². The van der Waals surface area contributed by atoms with Crippen LogP contribution in [0.2, 0.25) is 0 Å². The van der Waals surface area contributed by atoms with Gasteiger partial charge in [0.25, 0.3) is 0 Å². The molecule has 136 valence electrons. The maximum atomic E-state index is 4.37. The maximum Gasteiger partial charge on any atom is 0.138 e. The average Bonchev–Trinajstić information content (AvgIpc) is 3.14. The molecule has 1 aromatic heterocycles. The van der Waals surface area contributed by atoms with E-state index in [0.29, 0.717) is 17.8 Å². The van der Waals surface area contributed by atoms with Gasteiger partial charge in [-0.15, -0.1) is 0 Å². The van der Waals surface area contributed by atoms with E-state index in [1.807, 2.05) is 4.68 Å². The van der Waals surface area contributed by atoms with E-state index >= 15 is 0 Å². The van der Waals surface area contributed by atoms with Crippen LogP contribution in [0.25, 0.3) is 16.8 Å². The quantitative estimate of drug-likeness (QED) is 0.542. The predicted octanol–water partition coefficient (Wildman–Crippen LogP) is 6.30. The Bertz CT molecular complexity index is 845. The van der Waals surface area contributed by atoms with Gasteiger partial charge in [0.2, 0.25) is 0 Å². The van der Waals surface area contributed by atoms with E-state index in [1.54, 1.807) is 12.7 Å². The minimum atomic E-state index is 0.449. The van der Waals surface area contributed by atoms with Crippen molar-refractivity contribution >= 4 is 0 Å². The zero-order valence-electron chi connectivity index (χ0n) is 16.7. The highest BCUT2D eigenvalue weighted by Gasteiger charge is 2.20. The van der Waals surface area contributed by atoms with Gasteiger partial charge in [0.1, 0.15) is 12.7 Å². The van der Waals surface area contributed by atoms with Crippen molar-refractivity contribution in [3.05, 3.63) is 65.7 Å². The third-order valence-corrected chi connectivity index (χ3v) is 4.97. The number of hydrogen-bond donors (Lipinski definition) is 0. The normalized spacial score (nSPS) is 11.7.